The molecule has 0 radical (unpaired) electrons. The van der Waals surface area contributed by atoms with Crippen molar-refractivity contribution < 1.29 is 35.1 Å². The first-order valence-corrected chi connectivity index (χ1v) is 7.45. The van der Waals surface area contributed by atoms with Gasteiger partial charge in [0.25, 0.3) is 0 Å². The molecule has 9 N–H and O–H groups in total. The molecule has 1 heterocycles. The average molecular weight is 326 g/mol. The maximum atomic E-state index is 10.6. The summed E-state index contributed by atoms with van der Waals surface area (Å²) in [7, 11) is 0. The Bertz CT molecular complexity index is 359. The summed E-state index contributed by atoms with van der Waals surface area (Å²) in [5, 5.41) is 47.7. The number of carbonyl (C=O) groups is 1. The lowest BCUT2D eigenvalue weighted by atomic mass is 9.93. The van der Waals surface area contributed by atoms with Gasteiger partial charge in [-0.05, 0) is 6.92 Å². The van der Waals surface area contributed by atoms with Gasteiger partial charge in [-0.2, -0.15) is 0 Å². The van der Waals surface area contributed by atoms with Crippen molar-refractivity contribution in [2.75, 3.05) is 5.75 Å². The number of aliphatic hydroxyl groups is 4. The quantitative estimate of drug-likeness (QED) is 0.260. The Balaban J connectivity index is 2.73. The Labute approximate surface area is 125 Å². The minimum atomic E-state index is -1.52. The number of aliphatic carboxylic acids is 1. The largest absolute Gasteiger partial charge is 0.480 e. The van der Waals surface area contributed by atoms with E-state index in [9.17, 15) is 25.2 Å². The van der Waals surface area contributed by atoms with Crippen LogP contribution in [0.5, 0.6) is 0 Å². The molecule has 1 fully saturated rings. The third kappa shape index (κ3) is 4.50. The molecule has 1 aliphatic rings. The van der Waals surface area contributed by atoms with Crippen LogP contribution in [0.1, 0.15) is 6.92 Å². The van der Waals surface area contributed by atoms with E-state index in [1.54, 1.807) is 0 Å². The van der Waals surface area contributed by atoms with Crippen molar-refractivity contribution in [2.24, 2.45) is 11.5 Å². The molecule has 124 valence electrons. The van der Waals surface area contributed by atoms with Gasteiger partial charge in [0.05, 0.1) is 12.1 Å². The lowest BCUT2D eigenvalue weighted by Gasteiger charge is -2.43. The van der Waals surface area contributed by atoms with Crippen LogP contribution in [0.3, 0.4) is 0 Å². The number of carboxylic acid groups (broad SMARTS) is 1. The van der Waals surface area contributed by atoms with Crippen LogP contribution < -0.4 is 11.5 Å². The molecule has 0 aromatic heterocycles. The molecule has 8 atom stereocenters. The smallest absolute Gasteiger partial charge is 0.321 e. The van der Waals surface area contributed by atoms with E-state index in [0.29, 0.717) is 0 Å². The van der Waals surface area contributed by atoms with Crippen LogP contribution in [-0.2, 0) is 9.53 Å². The van der Waals surface area contributed by atoms with Gasteiger partial charge in [-0.3, -0.25) is 4.79 Å². The molecule has 10 heteroatoms. The molecule has 0 spiro atoms. The van der Waals surface area contributed by atoms with E-state index in [2.05, 4.69) is 0 Å². The predicted molar refractivity (Wildman–Crippen MR) is 74.4 cm³/mol. The fraction of sp³-hybridized carbons (Fsp3) is 0.909. The van der Waals surface area contributed by atoms with Gasteiger partial charge in [-0.1, -0.05) is 0 Å². The normalized spacial score (nSPS) is 37.8. The van der Waals surface area contributed by atoms with Gasteiger partial charge in [0.1, 0.15) is 35.9 Å². The molecule has 1 saturated heterocycles. The molecule has 2 unspecified atom stereocenters. The van der Waals surface area contributed by atoms with Crippen LogP contribution in [0.4, 0.5) is 0 Å². The van der Waals surface area contributed by atoms with Gasteiger partial charge in [-0.25, -0.2) is 0 Å². The molecular weight excluding hydrogens is 304 g/mol. The summed E-state index contributed by atoms with van der Waals surface area (Å²) in [6, 6.07) is -2.13. The lowest BCUT2D eigenvalue weighted by molar-refractivity contribution is -0.207. The minimum absolute atomic E-state index is 0.0590. The summed E-state index contributed by atoms with van der Waals surface area (Å²) in [4.78, 5) is 10.6. The van der Waals surface area contributed by atoms with Gasteiger partial charge in [0, 0.05) is 5.75 Å². The Morgan fingerprint density at radius 2 is 1.81 bits per heavy atom. The standard InChI is InChI=1S/C11H22N2O7S/c1-3(14)5(13)9-7(16)6(15)8(17)11(20-9)21-2-4(12)10(18)19/h3-9,11,14-17H,2,12-13H2,1H3,(H,18,19)/t3-,4+,5-,6+,7-,8?,9?,11-/m1/s1. The second-order valence-electron chi connectivity index (χ2n) is 5.04. The number of thioether (sulfide) groups is 1. The van der Waals surface area contributed by atoms with Crippen molar-refractivity contribution in [3.05, 3.63) is 0 Å². The number of hydrogen-bond donors (Lipinski definition) is 7. The van der Waals surface area contributed by atoms with E-state index in [4.69, 9.17) is 21.3 Å². The second kappa shape index (κ2) is 7.70. The van der Waals surface area contributed by atoms with E-state index in [1.807, 2.05) is 0 Å². The molecule has 1 aliphatic heterocycles. The van der Waals surface area contributed by atoms with Crippen molar-refractivity contribution in [3.8, 4) is 0 Å². The highest BCUT2D eigenvalue weighted by atomic mass is 32.2. The van der Waals surface area contributed by atoms with Crippen molar-refractivity contribution in [1.29, 1.82) is 0 Å². The molecule has 0 saturated carbocycles. The number of nitrogens with two attached hydrogens (primary N) is 2. The van der Waals surface area contributed by atoms with E-state index in [0.717, 1.165) is 11.8 Å². The van der Waals surface area contributed by atoms with Gasteiger partial charge in [-0.15, -0.1) is 11.8 Å². The highest BCUT2D eigenvalue weighted by Crippen LogP contribution is 2.30. The molecule has 0 aliphatic carbocycles. The third-order valence-electron chi connectivity index (χ3n) is 3.30. The molecule has 9 nitrogen and oxygen atoms in total. The molecule has 21 heavy (non-hydrogen) atoms. The summed E-state index contributed by atoms with van der Waals surface area (Å²) in [6.45, 7) is 1.40. The van der Waals surface area contributed by atoms with Crippen molar-refractivity contribution in [1.82, 2.24) is 0 Å². The predicted octanol–water partition coefficient (Wildman–Crippen LogP) is -3.35. The maximum absolute atomic E-state index is 10.6. The Morgan fingerprint density at radius 1 is 1.24 bits per heavy atom. The fourth-order valence-electron chi connectivity index (χ4n) is 1.87. The first-order chi connectivity index (χ1) is 9.66. The molecule has 0 aromatic rings. The monoisotopic (exact) mass is 326 g/mol. The molecule has 0 aromatic carbocycles. The highest BCUT2D eigenvalue weighted by molar-refractivity contribution is 7.99. The van der Waals surface area contributed by atoms with E-state index in [-0.39, 0.29) is 5.75 Å². The fourth-order valence-corrected chi connectivity index (χ4v) is 2.98. The van der Waals surface area contributed by atoms with Crippen LogP contribution in [0.2, 0.25) is 0 Å². The van der Waals surface area contributed by atoms with Crippen molar-refractivity contribution in [2.45, 2.75) is 55.0 Å². The molecular formula is C11H22N2O7S. The summed E-state index contributed by atoms with van der Waals surface area (Å²) >= 11 is 0.894. The number of aliphatic hydroxyl groups excluding tert-OH is 4. The first kappa shape index (κ1) is 18.6. The molecule has 0 bridgehead atoms. The number of hydrogen-bond acceptors (Lipinski definition) is 9. The van der Waals surface area contributed by atoms with Crippen LogP contribution in [-0.4, -0.2) is 85.3 Å². The van der Waals surface area contributed by atoms with Crippen molar-refractivity contribution in [3.63, 3.8) is 0 Å². The van der Waals surface area contributed by atoms with Gasteiger partial charge >= 0.3 is 5.97 Å². The SMILES string of the molecule is C[C@@H](O)[C@@H](N)C1O[C@H](SC[C@H](N)C(=O)O)C(O)[C@@H](O)[C@H]1O. The summed E-state index contributed by atoms with van der Waals surface area (Å²) in [6.07, 6.45) is -6.51. The zero-order valence-electron chi connectivity index (χ0n) is 11.4. The lowest BCUT2D eigenvalue weighted by Crippen LogP contribution is -2.63. The van der Waals surface area contributed by atoms with Crippen LogP contribution in [0, 0.1) is 0 Å². The van der Waals surface area contributed by atoms with Crippen LogP contribution in [0.25, 0.3) is 0 Å². The van der Waals surface area contributed by atoms with Crippen LogP contribution >= 0.6 is 11.8 Å². The zero-order chi connectivity index (χ0) is 16.3. The zero-order valence-corrected chi connectivity index (χ0v) is 12.3. The first-order valence-electron chi connectivity index (χ1n) is 6.40. The van der Waals surface area contributed by atoms with E-state index < -0.39 is 54.0 Å². The summed E-state index contributed by atoms with van der Waals surface area (Å²) < 4.78 is 5.40. The molecule has 1 rings (SSSR count). The van der Waals surface area contributed by atoms with Gasteiger partial charge < -0.3 is 41.7 Å². The topological polar surface area (TPSA) is 179 Å². The van der Waals surface area contributed by atoms with Crippen LogP contribution in [0.15, 0.2) is 0 Å². The molecule has 0 amide bonds. The van der Waals surface area contributed by atoms with E-state index in [1.165, 1.54) is 6.92 Å². The number of rotatable bonds is 6. The van der Waals surface area contributed by atoms with Crippen molar-refractivity contribution >= 4 is 17.7 Å². The highest BCUT2D eigenvalue weighted by Gasteiger charge is 2.46. The third-order valence-corrected chi connectivity index (χ3v) is 4.57. The Hall–Kier alpha value is -0.460. The summed E-state index contributed by atoms with van der Waals surface area (Å²) in [5.74, 6) is -1.26. The Kier molecular flexibility index (Phi) is 6.81. The van der Waals surface area contributed by atoms with Gasteiger partial charge in [0.2, 0.25) is 0 Å². The minimum Gasteiger partial charge on any atom is -0.480 e. The average Bonchev–Trinajstić information content (AvgIpc) is 2.42. The Morgan fingerprint density at radius 3 is 2.29 bits per heavy atom. The maximum Gasteiger partial charge on any atom is 0.321 e. The number of carboxylic acids is 1. The summed E-state index contributed by atoms with van der Waals surface area (Å²) in [5.41, 5.74) is 10.0. The number of ether oxygens (including phenoxy) is 1. The van der Waals surface area contributed by atoms with Gasteiger partial charge in [0.15, 0.2) is 0 Å². The van der Waals surface area contributed by atoms with E-state index >= 15 is 0 Å². The second-order valence-corrected chi connectivity index (χ2v) is 6.17.